The molecule has 1 N–H and O–H groups in total. The Morgan fingerprint density at radius 2 is 1.10 bits per heavy atom. The minimum Gasteiger partial charge on any atom is -0.469 e. The Morgan fingerprint density at radius 3 is 1.55 bits per heavy atom. The molecule has 6 heterocycles. The highest BCUT2D eigenvalue weighted by Gasteiger charge is 2.36. The van der Waals surface area contributed by atoms with E-state index in [2.05, 4.69) is 25.7 Å². The molecule has 318 valence electrons. The molecular formula is C43H39Cl2N9O6S2. The first kappa shape index (κ1) is 42.8. The van der Waals surface area contributed by atoms with Gasteiger partial charge >= 0.3 is 11.9 Å². The quantitative estimate of drug-likeness (QED) is 0.0722. The van der Waals surface area contributed by atoms with Gasteiger partial charge in [0.1, 0.15) is 33.7 Å². The molecule has 2 atom stereocenters. The largest absolute Gasteiger partial charge is 0.469 e. The van der Waals surface area contributed by atoms with Gasteiger partial charge in [0.2, 0.25) is 0 Å². The van der Waals surface area contributed by atoms with E-state index in [4.69, 9.17) is 42.7 Å². The highest BCUT2D eigenvalue weighted by Crippen LogP contribution is 2.42. The van der Waals surface area contributed by atoms with E-state index in [1.165, 1.54) is 36.9 Å². The van der Waals surface area contributed by atoms with Crippen molar-refractivity contribution in [2.45, 2.75) is 65.5 Å². The van der Waals surface area contributed by atoms with Crippen LogP contribution in [-0.4, -0.2) is 85.3 Å². The maximum absolute atomic E-state index is 14.1. The van der Waals surface area contributed by atoms with Crippen LogP contribution < -0.4 is 5.32 Å². The van der Waals surface area contributed by atoms with E-state index in [9.17, 15) is 19.2 Å². The van der Waals surface area contributed by atoms with Crippen molar-refractivity contribution in [2.24, 2.45) is 9.98 Å². The zero-order valence-electron chi connectivity index (χ0n) is 34.4. The highest BCUT2D eigenvalue weighted by atomic mass is 35.5. The van der Waals surface area contributed by atoms with Gasteiger partial charge in [0.15, 0.2) is 17.4 Å². The summed E-state index contributed by atoms with van der Waals surface area (Å²) in [7, 11) is 2.65. The molecule has 1 unspecified atom stereocenters. The van der Waals surface area contributed by atoms with Gasteiger partial charge in [-0.1, -0.05) is 47.5 Å². The highest BCUT2D eigenvalue weighted by molar-refractivity contribution is 7.17. The predicted molar refractivity (Wildman–Crippen MR) is 236 cm³/mol. The Labute approximate surface area is 373 Å². The summed E-state index contributed by atoms with van der Waals surface area (Å²) in [6.07, 6.45) is 0.412. The number of amides is 1. The Bertz CT molecular complexity index is 2650. The number of carbonyl (C=O) groups excluding carboxylic acids is 4. The third kappa shape index (κ3) is 7.89. The maximum atomic E-state index is 14.1. The number of Topliss-reactive ketones (excluding diaryl/α,β-unsaturated/α-hetero) is 1. The number of aliphatic imine (C=N–C) groups is 2. The van der Waals surface area contributed by atoms with Crippen LogP contribution >= 0.6 is 45.9 Å². The zero-order chi connectivity index (χ0) is 44.0. The molecule has 62 heavy (non-hydrogen) atoms. The van der Waals surface area contributed by atoms with E-state index < -0.39 is 24.0 Å². The molecule has 2 aromatic carbocycles. The second-order valence-corrected chi connectivity index (χ2v) is 17.6. The molecule has 6 aromatic rings. The standard InChI is InChI=1S/C43H39Cl2N9O6S2/c1-20-33-35(24-9-13-26(44)14-10-24)47-28(18-31(56)59-5)39-51-49-22(3)53(39)42(33)61-37(20)30(55)8-7-17-46-41(58)38-21(2)34-36(25-11-15-27(45)16-12-25)48-29(19-32(57)60-6)40-52-50-23(4)54(40)43(34)62-38/h9-16,28-29H,7-8,17-19H2,1-6H3,(H,46,58)/t28?,29-/m0/s1. The van der Waals surface area contributed by atoms with Crippen molar-refractivity contribution >= 4 is 80.9 Å². The van der Waals surface area contributed by atoms with E-state index in [-0.39, 0.29) is 37.5 Å². The number of ether oxygens (including phenoxy) is 2. The molecule has 0 bridgehead atoms. The van der Waals surface area contributed by atoms with Crippen LogP contribution in [0.1, 0.15) is 114 Å². The fraction of sp³-hybridized carbons (Fsp3) is 0.302. The number of halogens is 2. The van der Waals surface area contributed by atoms with Crippen molar-refractivity contribution in [3.05, 3.63) is 125 Å². The number of hydrogen-bond donors (Lipinski definition) is 1. The maximum Gasteiger partial charge on any atom is 0.308 e. The molecule has 0 fully saturated rings. The van der Waals surface area contributed by atoms with Crippen LogP contribution in [0.2, 0.25) is 10.0 Å². The summed E-state index contributed by atoms with van der Waals surface area (Å²) in [5.74, 6) is 0.770. The normalized spacial score (nSPS) is 15.2. The van der Waals surface area contributed by atoms with Crippen LogP contribution in [0.15, 0.2) is 58.5 Å². The number of rotatable bonds is 12. The molecule has 2 aliphatic rings. The minimum atomic E-state index is -0.701. The number of methoxy groups -OCH3 is 2. The van der Waals surface area contributed by atoms with E-state index >= 15 is 0 Å². The molecule has 4 aromatic heterocycles. The number of nitrogens with zero attached hydrogens (tertiary/aromatic N) is 8. The molecule has 8 rings (SSSR count). The lowest BCUT2D eigenvalue weighted by atomic mass is 9.98. The van der Waals surface area contributed by atoms with Gasteiger partial charge < -0.3 is 14.8 Å². The van der Waals surface area contributed by atoms with E-state index in [0.717, 1.165) is 27.3 Å². The van der Waals surface area contributed by atoms with Crippen LogP contribution in [0.5, 0.6) is 0 Å². The molecule has 15 nitrogen and oxygen atoms in total. The summed E-state index contributed by atoms with van der Waals surface area (Å²) in [5, 5.41) is 23.0. The van der Waals surface area contributed by atoms with Gasteiger partial charge in [0, 0.05) is 45.3 Å². The Kier molecular flexibility index (Phi) is 12.1. The van der Waals surface area contributed by atoms with E-state index in [0.29, 0.717) is 77.1 Å². The Balaban J connectivity index is 1.06. The lowest BCUT2D eigenvalue weighted by Crippen LogP contribution is -2.25. The number of hydrogen-bond acceptors (Lipinski definition) is 14. The Hall–Kier alpha value is -5.88. The zero-order valence-corrected chi connectivity index (χ0v) is 37.6. The van der Waals surface area contributed by atoms with E-state index in [1.807, 2.05) is 54.2 Å². The average Bonchev–Trinajstić information content (AvgIpc) is 3.98. The molecule has 0 radical (unpaired) electrons. The van der Waals surface area contributed by atoms with Gasteiger partial charge in [-0.05, 0) is 69.5 Å². The number of thiophene rings is 2. The number of aryl methyl sites for hydroxylation is 2. The fourth-order valence-corrected chi connectivity index (χ4v) is 10.5. The van der Waals surface area contributed by atoms with Crippen molar-refractivity contribution < 1.29 is 28.7 Å². The van der Waals surface area contributed by atoms with Crippen molar-refractivity contribution in [1.82, 2.24) is 34.8 Å². The number of esters is 2. The number of nitrogens with one attached hydrogen (secondary N) is 1. The second kappa shape index (κ2) is 17.5. The Morgan fingerprint density at radius 1 is 0.661 bits per heavy atom. The molecule has 2 aliphatic heterocycles. The lowest BCUT2D eigenvalue weighted by Gasteiger charge is -2.12. The first-order valence-corrected chi connectivity index (χ1v) is 21.9. The van der Waals surface area contributed by atoms with Gasteiger partial charge in [-0.2, -0.15) is 0 Å². The van der Waals surface area contributed by atoms with Crippen LogP contribution in [0, 0.1) is 27.7 Å². The van der Waals surface area contributed by atoms with Crippen molar-refractivity contribution in [1.29, 1.82) is 0 Å². The summed E-state index contributed by atoms with van der Waals surface area (Å²) in [6.45, 7) is 7.61. The van der Waals surface area contributed by atoms with Gasteiger partial charge in [-0.25, -0.2) is 0 Å². The summed E-state index contributed by atoms with van der Waals surface area (Å²) < 4.78 is 13.7. The number of fused-ring (bicyclic) bond motifs is 6. The average molecular weight is 913 g/mol. The van der Waals surface area contributed by atoms with Crippen LogP contribution in [0.25, 0.3) is 10.0 Å². The van der Waals surface area contributed by atoms with Crippen molar-refractivity contribution in [3.63, 3.8) is 0 Å². The van der Waals surface area contributed by atoms with Crippen LogP contribution in [0.3, 0.4) is 0 Å². The first-order valence-electron chi connectivity index (χ1n) is 19.5. The summed E-state index contributed by atoms with van der Waals surface area (Å²) in [6, 6.07) is 13.1. The molecule has 19 heteroatoms. The number of carbonyl (C=O) groups is 4. The summed E-state index contributed by atoms with van der Waals surface area (Å²) >= 11 is 15.1. The molecule has 0 saturated heterocycles. The van der Waals surface area contributed by atoms with Gasteiger partial charge in [0.25, 0.3) is 5.91 Å². The van der Waals surface area contributed by atoms with E-state index in [1.54, 1.807) is 31.2 Å². The molecule has 0 aliphatic carbocycles. The number of aromatic nitrogens is 6. The number of benzene rings is 2. The predicted octanol–water partition coefficient (Wildman–Crippen LogP) is 7.81. The van der Waals surface area contributed by atoms with Gasteiger partial charge in [-0.3, -0.25) is 38.3 Å². The summed E-state index contributed by atoms with van der Waals surface area (Å²) in [4.78, 5) is 64.3. The SMILES string of the molecule is COC(=O)CC1N=C(c2ccc(Cl)cc2)c2c(sc(C(=O)CCCNC(=O)c3sc4c(c3C)C(c3ccc(Cl)cc3)=N[C@@H](CC(=O)OC)c3nnc(C)n3-4)c2C)-n2c(C)nnc21. The lowest BCUT2D eigenvalue weighted by molar-refractivity contribution is -0.142. The molecular weight excluding hydrogens is 874 g/mol. The van der Waals surface area contributed by atoms with Crippen molar-refractivity contribution in [2.75, 3.05) is 20.8 Å². The smallest absolute Gasteiger partial charge is 0.308 e. The third-order valence-corrected chi connectivity index (χ3v) is 13.8. The van der Waals surface area contributed by atoms with Gasteiger partial charge in [-0.15, -0.1) is 43.1 Å². The molecule has 0 saturated carbocycles. The monoisotopic (exact) mass is 911 g/mol. The van der Waals surface area contributed by atoms with Crippen molar-refractivity contribution in [3.8, 4) is 10.0 Å². The third-order valence-electron chi connectivity index (χ3n) is 10.7. The first-order chi connectivity index (χ1) is 29.8. The number of ketones is 1. The topological polar surface area (TPSA) is 185 Å². The van der Waals surface area contributed by atoms with Crippen LogP contribution in [-0.2, 0) is 19.1 Å². The second-order valence-electron chi connectivity index (χ2n) is 14.7. The minimum absolute atomic E-state index is 0.0547. The molecule has 0 spiro atoms. The fourth-order valence-electron chi connectivity index (χ4n) is 7.65. The van der Waals surface area contributed by atoms with Crippen LogP contribution in [0.4, 0.5) is 0 Å². The molecule has 1 amide bonds. The van der Waals surface area contributed by atoms with Gasteiger partial charge in [0.05, 0.1) is 48.2 Å². The summed E-state index contributed by atoms with van der Waals surface area (Å²) in [5.41, 5.74) is 5.56.